The van der Waals surface area contributed by atoms with Crippen LogP contribution in [0.25, 0.3) is 0 Å². The summed E-state index contributed by atoms with van der Waals surface area (Å²) < 4.78 is 4.22. The van der Waals surface area contributed by atoms with E-state index in [1.165, 1.54) is 24.4 Å². The lowest BCUT2D eigenvalue weighted by Gasteiger charge is -2.29. The summed E-state index contributed by atoms with van der Waals surface area (Å²) in [5.74, 6) is 0.647. The maximum Gasteiger partial charge on any atom is 0.126 e. The van der Waals surface area contributed by atoms with Gasteiger partial charge in [-0.15, -0.1) is 0 Å². The fourth-order valence-electron chi connectivity index (χ4n) is 2.14. The van der Waals surface area contributed by atoms with Crippen LogP contribution in [0.15, 0.2) is 23.6 Å². The van der Waals surface area contributed by atoms with E-state index in [9.17, 15) is 5.11 Å². The second-order valence-electron chi connectivity index (χ2n) is 4.26. The Morgan fingerprint density at radius 1 is 1.67 bits per heavy atom. The van der Waals surface area contributed by atoms with E-state index in [4.69, 9.17) is 0 Å². The van der Waals surface area contributed by atoms with Crippen LogP contribution in [0.4, 0.5) is 0 Å². The molecule has 3 heteroatoms. The minimum Gasteiger partial charge on any atom is -0.379 e. The summed E-state index contributed by atoms with van der Waals surface area (Å²) >= 11 is 1.40. The molecular weight excluding hydrogens is 206 g/mol. The van der Waals surface area contributed by atoms with Crippen LogP contribution in [0.2, 0.25) is 0 Å². The lowest BCUT2D eigenvalue weighted by atomic mass is 9.82. The number of aromatic nitrogens is 1. The average Bonchev–Trinajstić information content (AvgIpc) is 2.76. The number of hydrogen-bond acceptors (Lipinski definition) is 3. The molecule has 15 heavy (non-hydrogen) atoms. The van der Waals surface area contributed by atoms with Gasteiger partial charge < -0.3 is 5.11 Å². The van der Waals surface area contributed by atoms with Crippen molar-refractivity contribution in [3.05, 3.63) is 29.3 Å². The van der Waals surface area contributed by atoms with Gasteiger partial charge >= 0.3 is 0 Å². The van der Waals surface area contributed by atoms with Gasteiger partial charge in [-0.3, -0.25) is 0 Å². The van der Waals surface area contributed by atoms with Gasteiger partial charge in [0.1, 0.15) is 5.60 Å². The van der Waals surface area contributed by atoms with Gasteiger partial charge in [-0.1, -0.05) is 25.5 Å². The summed E-state index contributed by atoms with van der Waals surface area (Å²) in [6.07, 6.45) is 8.41. The first kappa shape index (κ1) is 10.8. The predicted octanol–water partition coefficient (Wildman–Crippen LogP) is 3.10. The highest BCUT2D eigenvalue weighted by Crippen LogP contribution is 2.35. The first-order chi connectivity index (χ1) is 7.24. The maximum absolute atomic E-state index is 10.4. The van der Waals surface area contributed by atoms with Crippen LogP contribution in [-0.2, 0) is 5.60 Å². The van der Waals surface area contributed by atoms with Gasteiger partial charge in [0.15, 0.2) is 0 Å². The van der Waals surface area contributed by atoms with E-state index in [1.54, 1.807) is 0 Å². The van der Waals surface area contributed by atoms with Gasteiger partial charge in [-0.2, -0.15) is 4.37 Å². The van der Waals surface area contributed by atoms with E-state index in [1.807, 2.05) is 17.5 Å². The predicted molar refractivity (Wildman–Crippen MR) is 62.8 cm³/mol. The molecule has 1 aromatic heterocycles. The van der Waals surface area contributed by atoms with Gasteiger partial charge in [0.25, 0.3) is 0 Å². The first-order valence-electron chi connectivity index (χ1n) is 5.57. The molecule has 2 atom stereocenters. The molecule has 2 unspecified atom stereocenters. The Balaban J connectivity index is 2.10. The van der Waals surface area contributed by atoms with Crippen LogP contribution in [0.1, 0.15) is 38.3 Å². The summed E-state index contributed by atoms with van der Waals surface area (Å²) in [5, 5.41) is 12.3. The second kappa shape index (κ2) is 4.45. The van der Waals surface area contributed by atoms with Crippen LogP contribution in [0.5, 0.6) is 0 Å². The highest BCUT2D eigenvalue weighted by molar-refractivity contribution is 7.03. The van der Waals surface area contributed by atoms with Crippen molar-refractivity contribution in [3.63, 3.8) is 0 Å². The van der Waals surface area contributed by atoms with Gasteiger partial charge in [0.05, 0.1) is 5.69 Å². The monoisotopic (exact) mass is 223 g/mol. The molecule has 2 rings (SSSR count). The largest absolute Gasteiger partial charge is 0.379 e. The van der Waals surface area contributed by atoms with Crippen LogP contribution in [0.3, 0.4) is 0 Å². The standard InChI is InChI=1S/C12H17NOS/c1-2-3-10-4-7-12(14,8-5-10)11-6-9-15-13-11/h4,6-7,9-10,14H,2-3,5,8H2,1H3. The zero-order valence-corrected chi connectivity index (χ0v) is 9.83. The molecular formula is C12H17NOS. The van der Waals surface area contributed by atoms with Crippen molar-refractivity contribution in [1.29, 1.82) is 0 Å². The normalized spacial score (nSPS) is 30.7. The summed E-state index contributed by atoms with van der Waals surface area (Å²) in [7, 11) is 0. The fourth-order valence-corrected chi connectivity index (χ4v) is 2.72. The number of allylic oxidation sites excluding steroid dienone is 1. The zero-order valence-electron chi connectivity index (χ0n) is 9.02. The zero-order chi connectivity index (χ0) is 10.7. The molecule has 1 aliphatic carbocycles. The van der Waals surface area contributed by atoms with E-state index >= 15 is 0 Å². The average molecular weight is 223 g/mol. The Labute approximate surface area is 94.8 Å². The Morgan fingerprint density at radius 3 is 3.07 bits per heavy atom. The molecule has 1 N–H and O–H groups in total. The fraction of sp³-hybridized carbons (Fsp3) is 0.583. The lowest BCUT2D eigenvalue weighted by Crippen LogP contribution is -2.27. The second-order valence-corrected chi connectivity index (χ2v) is 4.92. The molecule has 2 nitrogen and oxygen atoms in total. The summed E-state index contributed by atoms with van der Waals surface area (Å²) in [6.45, 7) is 2.20. The van der Waals surface area contributed by atoms with Crippen LogP contribution < -0.4 is 0 Å². The summed E-state index contributed by atoms with van der Waals surface area (Å²) in [4.78, 5) is 0. The smallest absolute Gasteiger partial charge is 0.126 e. The van der Waals surface area contributed by atoms with Gasteiger partial charge in [-0.05, 0) is 42.8 Å². The van der Waals surface area contributed by atoms with E-state index < -0.39 is 5.60 Å². The SMILES string of the molecule is CCCC1C=CC(O)(c2ccsn2)CC1. The van der Waals surface area contributed by atoms with E-state index in [0.29, 0.717) is 5.92 Å². The van der Waals surface area contributed by atoms with Crippen molar-refractivity contribution in [3.8, 4) is 0 Å². The Morgan fingerprint density at radius 2 is 2.53 bits per heavy atom. The van der Waals surface area contributed by atoms with Crippen LogP contribution in [-0.4, -0.2) is 9.48 Å². The van der Waals surface area contributed by atoms with Crippen molar-refractivity contribution >= 4 is 11.5 Å². The molecule has 1 aromatic rings. The number of hydrogen-bond donors (Lipinski definition) is 1. The first-order valence-corrected chi connectivity index (χ1v) is 6.41. The molecule has 0 bridgehead atoms. The molecule has 0 spiro atoms. The van der Waals surface area contributed by atoms with Gasteiger partial charge in [0, 0.05) is 5.38 Å². The third-order valence-electron chi connectivity index (χ3n) is 3.08. The van der Waals surface area contributed by atoms with Crippen molar-refractivity contribution < 1.29 is 5.11 Å². The molecule has 1 aliphatic rings. The van der Waals surface area contributed by atoms with E-state index in [0.717, 1.165) is 18.5 Å². The van der Waals surface area contributed by atoms with Crippen LogP contribution >= 0.6 is 11.5 Å². The Bertz CT molecular complexity index is 333. The molecule has 0 saturated heterocycles. The Hall–Kier alpha value is -0.670. The molecule has 1 heterocycles. The van der Waals surface area contributed by atoms with Crippen molar-refractivity contribution in [1.82, 2.24) is 4.37 Å². The highest BCUT2D eigenvalue weighted by Gasteiger charge is 2.31. The summed E-state index contributed by atoms with van der Waals surface area (Å²) in [5.41, 5.74) is 0.00300. The summed E-state index contributed by atoms with van der Waals surface area (Å²) in [6, 6.07) is 1.91. The third kappa shape index (κ3) is 2.29. The van der Waals surface area contributed by atoms with Crippen LogP contribution in [0, 0.1) is 5.92 Å². The Kier molecular flexibility index (Phi) is 3.22. The highest BCUT2D eigenvalue weighted by atomic mass is 32.1. The topological polar surface area (TPSA) is 33.1 Å². The number of aliphatic hydroxyl groups is 1. The van der Waals surface area contributed by atoms with Crippen molar-refractivity contribution in [2.45, 2.75) is 38.2 Å². The quantitative estimate of drug-likeness (QED) is 0.799. The molecule has 0 aliphatic heterocycles. The minimum absolute atomic E-state index is 0.647. The maximum atomic E-state index is 10.4. The van der Waals surface area contributed by atoms with E-state index in [-0.39, 0.29) is 0 Å². The number of nitrogens with zero attached hydrogens (tertiary/aromatic N) is 1. The molecule has 0 fully saturated rings. The minimum atomic E-state index is -0.801. The lowest BCUT2D eigenvalue weighted by molar-refractivity contribution is 0.0622. The molecule has 0 radical (unpaired) electrons. The molecule has 0 amide bonds. The van der Waals surface area contributed by atoms with Gasteiger partial charge in [0.2, 0.25) is 0 Å². The van der Waals surface area contributed by atoms with E-state index in [2.05, 4.69) is 17.4 Å². The van der Waals surface area contributed by atoms with Gasteiger partial charge in [-0.25, -0.2) is 0 Å². The molecule has 82 valence electrons. The van der Waals surface area contributed by atoms with Crippen molar-refractivity contribution in [2.24, 2.45) is 5.92 Å². The molecule has 0 saturated carbocycles. The molecule has 0 aromatic carbocycles. The number of rotatable bonds is 3. The van der Waals surface area contributed by atoms with Crippen molar-refractivity contribution in [2.75, 3.05) is 0 Å². The third-order valence-corrected chi connectivity index (χ3v) is 3.64.